The van der Waals surface area contributed by atoms with Crippen molar-refractivity contribution in [1.29, 1.82) is 0 Å². The first-order valence-electron chi connectivity index (χ1n) is 7.42. The molecule has 2 atom stereocenters. The molecule has 1 N–H and O–H groups in total. The molecule has 1 aliphatic rings. The minimum atomic E-state index is -0.410. The Morgan fingerprint density at radius 3 is 2.42 bits per heavy atom. The van der Waals surface area contributed by atoms with Crippen molar-refractivity contribution in [2.75, 3.05) is 0 Å². The standard InChI is InChI=1S/C16H26O3/c1-14-10-6-4-2-3-5-7-11-15(17)12-8-9-13-16(18)19-14/h8-9,12-15,17H,2-7,10-11H2,1H3/b12-8-,13-9-/t14-,15+/m1/s1. The molecule has 0 radical (unpaired) electrons. The highest BCUT2D eigenvalue weighted by Gasteiger charge is 2.06. The second kappa shape index (κ2) is 9.79. The minimum absolute atomic E-state index is 0.0142. The summed E-state index contributed by atoms with van der Waals surface area (Å²) in [5.41, 5.74) is 0. The maximum atomic E-state index is 11.5. The van der Waals surface area contributed by atoms with Gasteiger partial charge in [-0.1, -0.05) is 50.3 Å². The van der Waals surface area contributed by atoms with Crippen LogP contribution >= 0.6 is 0 Å². The molecule has 1 heterocycles. The molecule has 0 aromatic heterocycles. The van der Waals surface area contributed by atoms with Crippen LogP contribution < -0.4 is 0 Å². The van der Waals surface area contributed by atoms with E-state index in [9.17, 15) is 9.90 Å². The van der Waals surface area contributed by atoms with Crippen LogP contribution in [-0.4, -0.2) is 23.3 Å². The van der Waals surface area contributed by atoms with Gasteiger partial charge < -0.3 is 9.84 Å². The third-order valence-electron chi connectivity index (χ3n) is 3.35. The van der Waals surface area contributed by atoms with Gasteiger partial charge in [0, 0.05) is 6.08 Å². The van der Waals surface area contributed by atoms with Gasteiger partial charge in [0.15, 0.2) is 0 Å². The summed E-state index contributed by atoms with van der Waals surface area (Å²) in [7, 11) is 0. The molecule has 0 unspecified atom stereocenters. The molecule has 1 rings (SSSR count). The van der Waals surface area contributed by atoms with Crippen LogP contribution in [0.4, 0.5) is 0 Å². The Labute approximate surface area is 116 Å². The molecule has 0 aromatic rings. The summed E-state index contributed by atoms with van der Waals surface area (Å²) in [6.45, 7) is 1.94. The Hall–Kier alpha value is -1.09. The molecule has 19 heavy (non-hydrogen) atoms. The number of carbonyl (C=O) groups excluding carboxylic acids is 1. The van der Waals surface area contributed by atoms with Gasteiger partial charge in [-0.3, -0.25) is 0 Å². The van der Waals surface area contributed by atoms with Crippen molar-refractivity contribution in [1.82, 2.24) is 0 Å². The van der Waals surface area contributed by atoms with Gasteiger partial charge in [-0.15, -0.1) is 0 Å². The molecule has 0 fully saturated rings. The molecule has 108 valence electrons. The van der Waals surface area contributed by atoms with Gasteiger partial charge in [0.05, 0.1) is 12.2 Å². The number of carbonyl (C=O) groups is 1. The highest BCUT2D eigenvalue weighted by Crippen LogP contribution is 2.12. The van der Waals surface area contributed by atoms with Crippen molar-refractivity contribution in [2.45, 2.75) is 70.5 Å². The molecule has 0 saturated heterocycles. The zero-order chi connectivity index (χ0) is 13.9. The van der Waals surface area contributed by atoms with Crippen LogP contribution in [0.5, 0.6) is 0 Å². The third-order valence-corrected chi connectivity index (χ3v) is 3.35. The van der Waals surface area contributed by atoms with E-state index in [2.05, 4.69) is 0 Å². The molecule has 0 spiro atoms. The molecule has 3 heteroatoms. The molecular formula is C16H26O3. The van der Waals surface area contributed by atoms with E-state index >= 15 is 0 Å². The van der Waals surface area contributed by atoms with Gasteiger partial charge in [-0.05, 0) is 26.2 Å². The maximum absolute atomic E-state index is 11.5. The fourth-order valence-electron chi connectivity index (χ4n) is 2.21. The third kappa shape index (κ3) is 8.60. The number of allylic oxidation sites excluding steroid dienone is 2. The van der Waals surface area contributed by atoms with Crippen molar-refractivity contribution in [3.05, 3.63) is 24.3 Å². The summed E-state index contributed by atoms with van der Waals surface area (Å²) in [6.07, 6.45) is 14.8. The van der Waals surface area contributed by atoms with Crippen LogP contribution in [0.2, 0.25) is 0 Å². The van der Waals surface area contributed by atoms with Crippen molar-refractivity contribution in [2.24, 2.45) is 0 Å². The van der Waals surface area contributed by atoms with E-state index in [1.807, 2.05) is 6.92 Å². The number of rotatable bonds is 0. The molecule has 0 saturated carbocycles. The number of ether oxygens (including phenoxy) is 1. The topological polar surface area (TPSA) is 46.5 Å². The van der Waals surface area contributed by atoms with Gasteiger partial charge in [0.1, 0.15) is 0 Å². The number of aliphatic hydroxyl groups excluding tert-OH is 1. The summed E-state index contributed by atoms with van der Waals surface area (Å²) in [6, 6.07) is 0. The van der Waals surface area contributed by atoms with Gasteiger partial charge in [-0.25, -0.2) is 4.79 Å². The van der Waals surface area contributed by atoms with E-state index in [0.717, 1.165) is 25.7 Å². The molecular weight excluding hydrogens is 240 g/mol. The monoisotopic (exact) mass is 266 g/mol. The van der Waals surface area contributed by atoms with Crippen LogP contribution in [0.1, 0.15) is 58.3 Å². The van der Waals surface area contributed by atoms with E-state index in [-0.39, 0.29) is 12.1 Å². The summed E-state index contributed by atoms with van der Waals surface area (Å²) in [5, 5.41) is 9.69. The molecule has 0 bridgehead atoms. The van der Waals surface area contributed by atoms with Gasteiger partial charge in [-0.2, -0.15) is 0 Å². The SMILES string of the molecule is C[C@@H]1CCCCCCCC[C@H](O)/C=C\C=C/C(=O)O1. The lowest BCUT2D eigenvalue weighted by Gasteiger charge is -2.11. The van der Waals surface area contributed by atoms with Crippen LogP contribution in [0, 0.1) is 0 Å². The summed E-state index contributed by atoms with van der Waals surface area (Å²) in [5.74, 6) is -0.307. The van der Waals surface area contributed by atoms with Gasteiger partial charge in [0.25, 0.3) is 0 Å². The van der Waals surface area contributed by atoms with Crippen LogP contribution in [0.15, 0.2) is 24.3 Å². The summed E-state index contributed by atoms with van der Waals surface area (Å²) in [4.78, 5) is 11.5. The lowest BCUT2D eigenvalue weighted by molar-refractivity contribution is -0.142. The lowest BCUT2D eigenvalue weighted by atomic mass is 10.0. The van der Waals surface area contributed by atoms with Gasteiger partial charge in [0.2, 0.25) is 0 Å². The van der Waals surface area contributed by atoms with Crippen LogP contribution in [0.3, 0.4) is 0 Å². The Bertz CT molecular complexity index is 307. The van der Waals surface area contributed by atoms with E-state index in [1.165, 1.54) is 31.8 Å². The van der Waals surface area contributed by atoms with Gasteiger partial charge >= 0.3 is 5.97 Å². The average molecular weight is 266 g/mol. The maximum Gasteiger partial charge on any atom is 0.331 e. The fraction of sp³-hybridized carbons (Fsp3) is 0.688. The first-order chi connectivity index (χ1) is 9.18. The quantitative estimate of drug-likeness (QED) is 0.682. The minimum Gasteiger partial charge on any atom is -0.460 e. The number of esters is 1. The highest BCUT2D eigenvalue weighted by molar-refractivity contribution is 5.82. The highest BCUT2D eigenvalue weighted by atomic mass is 16.5. The lowest BCUT2D eigenvalue weighted by Crippen LogP contribution is -2.12. The second-order valence-corrected chi connectivity index (χ2v) is 5.26. The molecule has 0 amide bonds. The predicted molar refractivity (Wildman–Crippen MR) is 76.8 cm³/mol. The average Bonchev–Trinajstić information content (AvgIpc) is 2.36. The van der Waals surface area contributed by atoms with E-state index in [4.69, 9.17) is 4.74 Å². The van der Waals surface area contributed by atoms with Crippen molar-refractivity contribution < 1.29 is 14.6 Å². The smallest absolute Gasteiger partial charge is 0.331 e. The Balaban J connectivity index is 2.47. The Morgan fingerprint density at radius 2 is 1.68 bits per heavy atom. The number of aliphatic hydroxyl groups is 1. The number of hydrogen-bond donors (Lipinski definition) is 1. The fourth-order valence-corrected chi connectivity index (χ4v) is 2.21. The summed E-state index contributed by atoms with van der Waals surface area (Å²) >= 11 is 0. The first kappa shape index (κ1) is 16.0. The zero-order valence-electron chi connectivity index (χ0n) is 11.9. The van der Waals surface area contributed by atoms with Crippen LogP contribution in [-0.2, 0) is 9.53 Å². The predicted octanol–water partition coefficient (Wildman–Crippen LogP) is 3.53. The molecule has 1 aliphatic heterocycles. The Kier molecular flexibility index (Phi) is 8.23. The number of cyclic esters (lactones) is 1. The van der Waals surface area contributed by atoms with E-state index in [1.54, 1.807) is 18.2 Å². The Morgan fingerprint density at radius 1 is 1.05 bits per heavy atom. The molecule has 0 aromatic carbocycles. The zero-order valence-corrected chi connectivity index (χ0v) is 11.9. The summed E-state index contributed by atoms with van der Waals surface area (Å²) < 4.78 is 5.26. The number of hydrogen-bond acceptors (Lipinski definition) is 3. The van der Waals surface area contributed by atoms with Crippen molar-refractivity contribution >= 4 is 5.97 Å². The van der Waals surface area contributed by atoms with Crippen molar-refractivity contribution in [3.63, 3.8) is 0 Å². The van der Waals surface area contributed by atoms with E-state index < -0.39 is 6.10 Å². The van der Waals surface area contributed by atoms with Crippen LogP contribution in [0.25, 0.3) is 0 Å². The van der Waals surface area contributed by atoms with E-state index in [0.29, 0.717) is 0 Å². The first-order valence-corrected chi connectivity index (χ1v) is 7.42. The normalized spacial score (nSPS) is 31.4. The molecule has 3 nitrogen and oxygen atoms in total. The molecule has 0 aliphatic carbocycles. The van der Waals surface area contributed by atoms with Crippen molar-refractivity contribution in [3.8, 4) is 0 Å². The largest absolute Gasteiger partial charge is 0.460 e. The second-order valence-electron chi connectivity index (χ2n) is 5.26.